The molecule has 0 aliphatic rings. The maximum atomic E-state index is 13.4. The van der Waals surface area contributed by atoms with Crippen molar-refractivity contribution in [2.24, 2.45) is 0 Å². The fourth-order valence-electron chi connectivity index (χ4n) is 1.22. The van der Waals surface area contributed by atoms with E-state index in [9.17, 15) is 8.78 Å². The first-order valence-corrected chi connectivity index (χ1v) is 4.66. The average Bonchev–Trinajstić information content (AvgIpc) is 2.69. The van der Waals surface area contributed by atoms with Crippen LogP contribution in [0.1, 0.15) is 5.82 Å². The van der Waals surface area contributed by atoms with Crippen LogP contribution in [0.15, 0.2) is 24.5 Å². The van der Waals surface area contributed by atoms with E-state index in [2.05, 4.69) is 10.2 Å². The molecule has 0 aliphatic carbocycles. The topological polar surface area (TPSA) is 30.7 Å². The molecule has 0 aliphatic heterocycles. The molecule has 0 saturated heterocycles. The summed E-state index contributed by atoms with van der Waals surface area (Å²) in [6.07, 6.45) is 1.29. The van der Waals surface area contributed by atoms with Crippen LogP contribution in [0.5, 0.6) is 0 Å². The van der Waals surface area contributed by atoms with Gasteiger partial charge >= 0.3 is 0 Å². The Morgan fingerprint density at radius 1 is 1.33 bits per heavy atom. The lowest BCUT2D eigenvalue weighted by molar-refractivity contribution is 0.591. The van der Waals surface area contributed by atoms with Gasteiger partial charge in [0, 0.05) is 6.07 Å². The summed E-state index contributed by atoms with van der Waals surface area (Å²) in [4.78, 5) is 0. The zero-order valence-corrected chi connectivity index (χ0v) is 8.25. The molecule has 2 rings (SSSR count). The minimum atomic E-state index is -0.553. The number of rotatable bonds is 2. The number of hydrogen-bond acceptors (Lipinski definition) is 2. The van der Waals surface area contributed by atoms with Crippen molar-refractivity contribution in [1.29, 1.82) is 0 Å². The second-order valence-corrected chi connectivity index (χ2v) is 3.11. The lowest BCUT2D eigenvalue weighted by Crippen LogP contribution is -2.01. The van der Waals surface area contributed by atoms with Gasteiger partial charge in [0.1, 0.15) is 18.0 Å². The number of alkyl halides is 1. The van der Waals surface area contributed by atoms with Crippen molar-refractivity contribution in [2.45, 2.75) is 5.88 Å². The van der Waals surface area contributed by atoms with E-state index in [1.807, 2.05) is 0 Å². The van der Waals surface area contributed by atoms with Crippen LogP contribution in [-0.2, 0) is 5.88 Å². The summed E-state index contributed by atoms with van der Waals surface area (Å²) in [5.74, 6) is -0.639. The molecule has 78 valence electrons. The van der Waals surface area contributed by atoms with Crippen molar-refractivity contribution in [2.75, 3.05) is 0 Å². The molecule has 3 nitrogen and oxygen atoms in total. The maximum Gasteiger partial charge on any atom is 0.152 e. The first kappa shape index (κ1) is 10.0. The summed E-state index contributed by atoms with van der Waals surface area (Å²) in [5, 5.41) is 7.25. The Kier molecular flexibility index (Phi) is 2.64. The van der Waals surface area contributed by atoms with Crippen LogP contribution in [0.25, 0.3) is 5.69 Å². The van der Waals surface area contributed by atoms with Gasteiger partial charge in [-0.05, 0) is 12.1 Å². The van der Waals surface area contributed by atoms with Crippen LogP contribution in [0.3, 0.4) is 0 Å². The molecule has 0 radical (unpaired) electrons. The van der Waals surface area contributed by atoms with Crippen molar-refractivity contribution in [3.8, 4) is 5.69 Å². The van der Waals surface area contributed by atoms with E-state index < -0.39 is 11.6 Å². The number of halogens is 3. The third-order valence-electron chi connectivity index (χ3n) is 1.91. The second kappa shape index (κ2) is 3.94. The van der Waals surface area contributed by atoms with Gasteiger partial charge in [0.2, 0.25) is 0 Å². The minimum absolute atomic E-state index is 0.0515. The van der Waals surface area contributed by atoms with Gasteiger partial charge in [-0.25, -0.2) is 8.78 Å². The van der Waals surface area contributed by atoms with E-state index in [1.165, 1.54) is 10.9 Å². The zero-order chi connectivity index (χ0) is 10.8. The van der Waals surface area contributed by atoms with Gasteiger partial charge in [-0.3, -0.25) is 4.57 Å². The Bertz CT molecular complexity index is 484. The summed E-state index contributed by atoms with van der Waals surface area (Å²) in [6, 6.07) is 3.15. The highest BCUT2D eigenvalue weighted by atomic mass is 35.5. The third-order valence-corrected chi connectivity index (χ3v) is 2.14. The number of nitrogens with zero attached hydrogens (tertiary/aromatic N) is 3. The first-order chi connectivity index (χ1) is 7.22. The minimum Gasteiger partial charge on any atom is -0.281 e. The summed E-state index contributed by atoms with van der Waals surface area (Å²) in [7, 11) is 0. The largest absolute Gasteiger partial charge is 0.281 e. The quantitative estimate of drug-likeness (QED) is 0.740. The molecule has 6 heteroatoms. The summed E-state index contributed by atoms with van der Waals surface area (Å²) >= 11 is 5.58. The summed E-state index contributed by atoms with van der Waals surface area (Å²) < 4.78 is 27.6. The molecule has 0 fully saturated rings. The lowest BCUT2D eigenvalue weighted by Gasteiger charge is -2.05. The fourth-order valence-corrected chi connectivity index (χ4v) is 1.40. The SMILES string of the molecule is Fc1ccc(F)c(-n2cnnc2CCl)c1. The molecule has 0 unspecified atom stereocenters. The van der Waals surface area contributed by atoms with Crippen LogP contribution < -0.4 is 0 Å². The van der Waals surface area contributed by atoms with Gasteiger partial charge in [-0.2, -0.15) is 0 Å². The normalized spacial score (nSPS) is 10.6. The molecule has 15 heavy (non-hydrogen) atoms. The van der Waals surface area contributed by atoms with E-state index in [4.69, 9.17) is 11.6 Å². The fraction of sp³-hybridized carbons (Fsp3) is 0.111. The van der Waals surface area contributed by atoms with E-state index in [-0.39, 0.29) is 11.6 Å². The van der Waals surface area contributed by atoms with Crippen molar-refractivity contribution < 1.29 is 8.78 Å². The molecule has 0 bridgehead atoms. The van der Waals surface area contributed by atoms with Crippen LogP contribution in [-0.4, -0.2) is 14.8 Å². The van der Waals surface area contributed by atoms with Gasteiger partial charge in [0.25, 0.3) is 0 Å². The maximum absolute atomic E-state index is 13.4. The van der Waals surface area contributed by atoms with Gasteiger partial charge in [0.15, 0.2) is 5.82 Å². The van der Waals surface area contributed by atoms with E-state index in [1.54, 1.807) is 0 Å². The van der Waals surface area contributed by atoms with Gasteiger partial charge in [-0.1, -0.05) is 0 Å². The molecule has 2 aromatic rings. The Morgan fingerprint density at radius 3 is 2.87 bits per heavy atom. The van der Waals surface area contributed by atoms with E-state index >= 15 is 0 Å². The molecular weight excluding hydrogens is 224 g/mol. The lowest BCUT2D eigenvalue weighted by atomic mass is 10.3. The molecule has 0 spiro atoms. The van der Waals surface area contributed by atoms with Gasteiger partial charge < -0.3 is 0 Å². The molecule has 0 atom stereocenters. The molecular formula is C9H6ClF2N3. The van der Waals surface area contributed by atoms with Crippen molar-refractivity contribution in [3.63, 3.8) is 0 Å². The second-order valence-electron chi connectivity index (χ2n) is 2.85. The van der Waals surface area contributed by atoms with Crippen LogP contribution in [0, 0.1) is 11.6 Å². The highest BCUT2D eigenvalue weighted by Crippen LogP contribution is 2.16. The van der Waals surface area contributed by atoms with Crippen molar-refractivity contribution in [3.05, 3.63) is 42.0 Å². The Hall–Kier alpha value is -1.49. The Labute approximate surface area is 89.3 Å². The van der Waals surface area contributed by atoms with E-state index in [0.29, 0.717) is 5.82 Å². The van der Waals surface area contributed by atoms with Gasteiger partial charge in [0.05, 0.1) is 11.6 Å². The monoisotopic (exact) mass is 229 g/mol. The molecule has 1 heterocycles. The van der Waals surface area contributed by atoms with Crippen LogP contribution >= 0.6 is 11.6 Å². The Balaban J connectivity index is 2.58. The number of hydrogen-bond donors (Lipinski definition) is 0. The van der Waals surface area contributed by atoms with Crippen LogP contribution in [0.2, 0.25) is 0 Å². The predicted molar refractivity (Wildman–Crippen MR) is 50.8 cm³/mol. The molecule has 1 aromatic carbocycles. The molecule has 0 saturated carbocycles. The summed E-state index contributed by atoms with van der Waals surface area (Å²) in [6.45, 7) is 0. The summed E-state index contributed by atoms with van der Waals surface area (Å²) in [5.41, 5.74) is 0.0515. The standard InChI is InChI=1S/C9H6ClF2N3/c10-4-9-14-13-5-15(9)8-3-6(11)1-2-7(8)12/h1-3,5H,4H2. The average molecular weight is 230 g/mol. The molecule has 0 N–H and O–H groups in total. The van der Waals surface area contributed by atoms with Crippen molar-refractivity contribution in [1.82, 2.24) is 14.8 Å². The zero-order valence-electron chi connectivity index (χ0n) is 7.49. The van der Waals surface area contributed by atoms with Crippen LogP contribution in [0.4, 0.5) is 8.78 Å². The van der Waals surface area contributed by atoms with Crippen molar-refractivity contribution >= 4 is 11.6 Å². The highest BCUT2D eigenvalue weighted by Gasteiger charge is 2.10. The number of aromatic nitrogens is 3. The Morgan fingerprint density at radius 2 is 2.13 bits per heavy atom. The first-order valence-electron chi connectivity index (χ1n) is 4.12. The third kappa shape index (κ3) is 1.83. The molecule has 1 aromatic heterocycles. The number of benzene rings is 1. The molecule has 0 amide bonds. The predicted octanol–water partition coefficient (Wildman–Crippen LogP) is 2.28. The van der Waals surface area contributed by atoms with E-state index in [0.717, 1.165) is 18.2 Å². The smallest absolute Gasteiger partial charge is 0.152 e. The highest BCUT2D eigenvalue weighted by molar-refractivity contribution is 6.16. The van der Waals surface area contributed by atoms with Gasteiger partial charge in [-0.15, -0.1) is 21.8 Å².